The number of rotatable bonds is 1. The molecule has 2 aliphatic rings. The van der Waals surface area contributed by atoms with Crippen LogP contribution >= 0.6 is 0 Å². The van der Waals surface area contributed by atoms with Crippen molar-refractivity contribution in [2.45, 2.75) is 12.1 Å². The van der Waals surface area contributed by atoms with Gasteiger partial charge in [-0.1, -0.05) is 12.1 Å². The lowest BCUT2D eigenvalue weighted by Gasteiger charge is -2.16. The minimum Gasteiger partial charge on any atom is -0.399 e. The van der Waals surface area contributed by atoms with Gasteiger partial charge in [-0.3, -0.25) is 0 Å². The number of nitrogen functional groups attached to an aromatic ring is 1. The third kappa shape index (κ3) is 1.51. The Morgan fingerprint density at radius 2 is 2.00 bits per heavy atom. The van der Waals surface area contributed by atoms with E-state index in [1.165, 1.54) is 5.56 Å². The molecule has 1 aromatic rings. The second-order valence-electron chi connectivity index (χ2n) is 4.04. The van der Waals surface area contributed by atoms with Crippen molar-refractivity contribution >= 4 is 5.69 Å². The molecule has 4 nitrogen and oxygen atoms in total. The molecule has 0 aromatic heterocycles. The standard InChI is InChI=1S/C11H14N2O2/c12-9-3-1-8(2-4-9)11-10-5-14-6-13(10)7-15-11/h1-4,10-11H,5-7,12H2/t10-,11-/m0/s1. The smallest absolute Gasteiger partial charge is 0.102 e. The zero-order valence-corrected chi connectivity index (χ0v) is 8.43. The highest BCUT2D eigenvalue weighted by atomic mass is 16.6. The first-order chi connectivity index (χ1) is 7.34. The molecule has 2 N–H and O–H groups in total. The lowest BCUT2D eigenvalue weighted by Crippen LogP contribution is -2.27. The number of benzene rings is 1. The molecule has 80 valence electrons. The van der Waals surface area contributed by atoms with E-state index in [2.05, 4.69) is 4.90 Å². The summed E-state index contributed by atoms with van der Waals surface area (Å²) in [6.07, 6.45) is 0.132. The molecular weight excluding hydrogens is 192 g/mol. The molecule has 2 heterocycles. The predicted octanol–water partition coefficient (Wildman–Crippen LogP) is 0.956. The molecule has 0 amide bonds. The highest BCUT2D eigenvalue weighted by Crippen LogP contribution is 2.34. The van der Waals surface area contributed by atoms with Crippen molar-refractivity contribution in [3.63, 3.8) is 0 Å². The summed E-state index contributed by atoms with van der Waals surface area (Å²) in [5.41, 5.74) is 7.63. The van der Waals surface area contributed by atoms with E-state index in [4.69, 9.17) is 15.2 Å². The zero-order chi connectivity index (χ0) is 10.3. The van der Waals surface area contributed by atoms with Gasteiger partial charge in [-0.25, -0.2) is 4.90 Å². The van der Waals surface area contributed by atoms with Gasteiger partial charge >= 0.3 is 0 Å². The number of hydrogen-bond acceptors (Lipinski definition) is 4. The van der Waals surface area contributed by atoms with Crippen LogP contribution in [0.1, 0.15) is 11.7 Å². The van der Waals surface area contributed by atoms with Gasteiger partial charge in [-0.15, -0.1) is 0 Å². The molecule has 0 radical (unpaired) electrons. The maximum Gasteiger partial charge on any atom is 0.102 e. The van der Waals surface area contributed by atoms with Crippen molar-refractivity contribution in [1.82, 2.24) is 4.90 Å². The van der Waals surface area contributed by atoms with Crippen molar-refractivity contribution in [1.29, 1.82) is 0 Å². The van der Waals surface area contributed by atoms with Crippen molar-refractivity contribution < 1.29 is 9.47 Å². The van der Waals surface area contributed by atoms with E-state index in [9.17, 15) is 0 Å². The van der Waals surface area contributed by atoms with Gasteiger partial charge in [0.25, 0.3) is 0 Å². The molecule has 0 saturated carbocycles. The Kier molecular flexibility index (Phi) is 2.12. The largest absolute Gasteiger partial charge is 0.399 e. The predicted molar refractivity (Wildman–Crippen MR) is 56.0 cm³/mol. The lowest BCUT2D eigenvalue weighted by atomic mass is 10.0. The first kappa shape index (κ1) is 9.15. The molecule has 2 fully saturated rings. The van der Waals surface area contributed by atoms with Crippen LogP contribution in [0.2, 0.25) is 0 Å². The van der Waals surface area contributed by atoms with E-state index < -0.39 is 0 Å². The molecule has 1 aromatic carbocycles. The van der Waals surface area contributed by atoms with E-state index in [-0.39, 0.29) is 6.10 Å². The first-order valence-corrected chi connectivity index (χ1v) is 5.13. The van der Waals surface area contributed by atoms with Crippen LogP contribution in [0.3, 0.4) is 0 Å². The topological polar surface area (TPSA) is 47.7 Å². The van der Waals surface area contributed by atoms with Crippen LogP contribution in [-0.4, -0.2) is 31.0 Å². The van der Waals surface area contributed by atoms with Gasteiger partial charge in [-0.05, 0) is 17.7 Å². The fourth-order valence-corrected chi connectivity index (χ4v) is 2.19. The molecule has 2 aliphatic heterocycles. The quantitative estimate of drug-likeness (QED) is 0.695. The highest BCUT2D eigenvalue weighted by molar-refractivity contribution is 5.40. The van der Waals surface area contributed by atoms with Crippen molar-refractivity contribution in [2.24, 2.45) is 0 Å². The Hall–Kier alpha value is -1.10. The number of anilines is 1. The molecular formula is C11H14N2O2. The van der Waals surface area contributed by atoms with E-state index in [1.807, 2.05) is 24.3 Å². The van der Waals surface area contributed by atoms with Gasteiger partial charge in [0, 0.05) is 5.69 Å². The van der Waals surface area contributed by atoms with E-state index in [0.717, 1.165) is 12.3 Å². The summed E-state index contributed by atoms with van der Waals surface area (Å²) in [6, 6.07) is 8.26. The van der Waals surface area contributed by atoms with Gasteiger partial charge in [0.05, 0.1) is 12.6 Å². The fourth-order valence-electron chi connectivity index (χ4n) is 2.19. The van der Waals surface area contributed by atoms with E-state index >= 15 is 0 Å². The van der Waals surface area contributed by atoms with Gasteiger partial charge in [-0.2, -0.15) is 0 Å². The lowest BCUT2D eigenvalue weighted by molar-refractivity contribution is 0.0370. The van der Waals surface area contributed by atoms with Crippen LogP contribution in [-0.2, 0) is 9.47 Å². The molecule has 0 unspecified atom stereocenters. The third-order valence-corrected chi connectivity index (χ3v) is 3.05. The Bertz CT molecular complexity index is 352. The number of fused-ring (bicyclic) bond motifs is 1. The van der Waals surface area contributed by atoms with Crippen LogP contribution in [0.5, 0.6) is 0 Å². The van der Waals surface area contributed by atoms with Crippen LogP contribution in [0.4, 0.5) is 5.69 Å². The van der Waals surface area contributed by atoms with Crippen LogP contribution in [0.25, 0.3) is 0 Å². The average Bonchev–Trinajstić information content (AvgIpc) is 2.80. The molecule has 15 heavy (non-hydrogen) atoms. The van der Waals surface area contributed by atoms with Crippen molar-refractivity contribution in [3.05, 3.63) is 29.8 Å². The van der Waals surface area contributed by atoms with Crippen LogP contribution in [0, 0.1) is 0 Å². The number of ether oxygens (including phenoxy) is 2. The Morgan fingerprint density at radius 1 is 1.20 bits per heavy atom. The third-order valence-electron chi connectivity index (χ3n) is 3.05. The minimum absolute atomic E-state index is 0.132. The highest BCUT2D eigenvalue weighted by Gasteiger charge is 2.39. The van der Waals surface area contributed by atoms with Crippen molar-refractivity contribution in [3.8, 4) is 0 Å². The molecule has 4 heteroatoms. The molecule has 0 spiro atoms. The molecule has 0 bridgehead atoms. The molecule has 2 atom stereocenters. The Morgan fingerprint density at radius 3 is 2.80 bits per heavy atom. The number of hydrogen-bond donors (Lipinski definition) is 1. The minimum atomic E-state index is 0.132. The van der Waals surface area contributed by atoms with Crippen LogP contribution < -0.4 is 5.73 Å². The molecule has 0 aliphatic carbocycles. The normalized spacial score (nSPS) is 30.7. The number of nitrogens with zero attached hydrogens (tertiary/aromatic N) is 1. The van der Waals surface area contributed by atoms with E-state index in [0.29, 0.717) is 19.5 Å². The summed E-state index contributed by atoms with van der Waals surface area (Å²) in [5, 5.41) is 0. The molecule has 2 saturated heterocycles. The molecule has 3 rings (SSSR count). The second kappa shape index (κ2) is 3.48. The monoisotopic (exact) mass is 206 g/mol. The summed E-state index contributed by atoms with van der Waals surface area (Å²) < 4.78 is 11.2. The first-order valence-electron chi connectivity index (χ1n) is 5.13. The average molecular weight is 206 g/mol. The maximum absolute atomic E-state index is 5.75. The fraction of sp³-hybridized carbons (Fsp3) is 0.455. The van der Waals surface area contributed by atoms with Crippen LogP contribution in [0.15, 0.2) is 24.3 Å². The number of nitrogens with two attached hydrogens (primary N) is 1. The summed E-state index contributed by atoms with van der Waals surface area (Å²) in [4.78, 5) is 2.21. The summed E-state index contributed by atoms with van der Waals surface area (Å²) in [7, 11) is 0. The summed E-state index contributed by atoms with van der Waals surface area (Å²) in [6.45, 7) is 2.12. The second-order valence-corrected chi connectivity index (χ2v) is 4.04. The van der Waals surface area contributed by atoms with Crippen molar-refractivity contribution in [2.75, 3.05) is 25.8 Å². The summed E-state index contributed by atoms with van der Waals surface area (Å²) in [5.74, 6) is 0. The Balaban J connectivity index is 1.85. The Labute approximate surface area is 88.6 Å². The van der Waals surface area contributed by atoms with Gasteiger partial charge in [0.2, 0.25) is 0 Å². The maximum atomic E-state index is 5.75. The zero-order valence-electron chi connectivity index (χ0n) is 8.43. The summed E-state index contributed by atoms with van der Waals surface area (Å²) >= 11 is 0. The van der Waals surface area contributed by atoms with Gasteiger partial charge < -0.3 is 15.2 Å². The SMILES string of the molecule is Nc1ccc([C@@H]2OCN3COC[C@@H]23)cc1. The van der Waals surface area contributed by atoms with E-state index in [1.54, 1.807) is 0 Å². The van der Waals surface area contributed by atoms with Gasteiger partial charge in [0.15, 0.2) is 0 Å². The van der Waals surface area contributed by atoms with Gasteiger partial charge in [0.1, 0.15) is 19.6 Å².